The van der Waals surface area contributed by atoms with E-state index in [1.165, 1.54) is 5.56 Å². The van der Waals surface area contributed by atoms with Crippen LogP contribution in [0.4, 0.5) is 5.69 Å². The van der Waals surface area contributed by atoms with Crippen LogP contribution in [0.5, 0.6) is 11.5 Å². The van der Waals surface area contributed by atoms with E-state index in [-0.39, 0.29) is 0 Å². The van der Waals surface area contributed by atoms with Crippen molar-refractivity contribution >= 4 is 5.69 Å². The Morgan fingerprint density at radius 2 is 2.19 bits per heavy atom. The lowest BCUT2D eigenvalue weighted by Crippen LogP contribution is -2.32. The summed E-state index contributed by atoms with van der Waals surface area (Å²) >= 11 is 0. The topological polar surface area (TPSA) is 56.5 Å². The van der Waals surface area contributed by atoms with Gasteiger partial charge in [0.05, 0.1) is 14.2 Å². The van der Waals surface area contributed by atoms with Gasteiger partial charge in [-0.15, -0.1) is 0 Å². The molecule has 3 N–H and O–H groups in total. The number of hydrogen-bond donors (Lipinski definition) is 2. The standard InChI is InChI=1S/C12H18N2O2/c1-15-9-5-11-10(12(6-9)16-2)4-3-8(7-13)14-11/h5-6,8,14H,3-4,7,13H2,1-2H3. The van der Waals surface area contributed by atoms with Gasteiger partial charge < -0.3 is 20.5 Å². The predicted octanol–water partition coefficient (Wildman–Crippen LogP) is 1.39. The second kappa shape index (κ2) is 4.61. The number of hydrogen-bond acceptors (Lipinski definition) is 4. The Balaban J connectivity index is 2.38. The van der Waals surface area contributed by atoms with Crippen LogP contribution in [0, 0.1) is 0 Å². The van der Waals surface area contributed by atoms with Crippen molar-refractivity contribution in [2.24, 2.45) is 5.73 Å². The van der Waals surface area contributed by atoms with Crippen LogP contribution < -0.4 is 20.5 Å². The van der Waals surface area contributed by atoms with E-state index >= 15 is 0 Å². The maximum atomic E-state index is 5.68. The number of rotatable bonds is 3. The Hall–Kier alpha value is -1.42. The van der Waals surface area contributed by atoms with Crippen LogP contribution in [0.1, 0.15) is 12.0 Å². The molecule has 1 aliphatic rings. The Kier molecular flexibility index (Phi) is 3.19. The molecule has 0 amide bonds. The number of fused-ring (bicyclic) bond motifs is 1. The molecule has 4 nitrogen and oxygen atoms in total. The lowest BCUT2D eigenvalue weighted by atomic mass is 9.97. The summed E-state index contributed by atoms with van der Waals surface area (Å²) in [4.78, 5) is 0. The Bertz CT molecular complexity index is 380. The highest BCUT2D eigenvalue weighted by Crippen LogP contribution is 2.36. The summed E-state index contributed by atoms with van der Waals surface area (Å²) in [7, 11) is 3.34. The van der Waals surface area contributed by atoms with E-state index in [0.717, 1.165) is 30.0 Å². The minimum Gasteiger partial charge on any atom is -0.497 e. The molecule has 0 spiro atoms. The molecule has 0 fully saturated rings. The molecule has 0 saturated carbocycles. The quantitative estimate of drug-likeness (QED) is 0.811. The Morgan fingerprint density at radius 1 is 1.38 bits per heavy atom. The highest BCUT2D eigenvalue weighted by atomic mass is 16.5. The number of nitrogens with two attached hydrogens (primary N) is 1. The fraction of sp³-hybridized carbons (Fsp3) is 0.500. The maximum Gasteiger partial charge on any atom is 0.127 e. The SMILES string of the molecule is COc1cc2c(c(OC)c1)CCC(CN)N2. The van der Waals surface area contributed by atoms with E-state index in [9.17, 15) is 0 Å². The van der Waals surface area contributed by atoms with Gasteiger partial charge in [-0.2, -0.15) is 0 Å². The fourth-order valence-corrected chi connectivity index (χ4v) is 2.09. The van der Waals surface area contributed by atoms with Crippen molar-refractivity contribution in [3.05, 3.63) is 17.7 Å². The smallest absolute Gasteiger partial charge is 0.127 e. The number of methoxy groups -OCH3 is 2. The second-order valence-electron chi connectivity index (χ2n) is 3.97. The maximum absolute atomic E-state index is 5.68. The molecule has 0 aromatic heterocycles. The first-order valence-corrected chi connectivity index (χ1v) is 5.50. The van der Waals surface area contributed by atoms with Gasteiger partial charge in [0.1, 0.15) is 11.5 Å². The number of ether oxygens (including phenoxy) is 2. The lowest BCUT2D eigenvalue weighted by molar-refractivity contribution is 0.389. The zero-order chi connectivity index (χ0) is 11.5. The van der Waals surface area contributed by atoms with E-state index in [2.05, 4.69) is 5.32 Å². The third-order valence-electron chi connectivity index (χ3n) is 3.03. The Morgan fingerprint density at radius 3 is 2.81 bits per heavy atom. The number of nitrogens with one attached hydrogen (secondary N) is 1. The van der Waals surface area contributed by atoms with Gasteiger partial charge in [0.25, 0.3) is 0 Å². The minimum absolute atomic E-state index is 0.351. The molecular weight excluding hydrogens is 204 g/mol. The molecule has 0 saturated heterocycles. The first kappa shape index (κ1) is 11.1. The zero-order valence-corrected chi connectivity index (χ0v) is 9.75. The molecule has 4 heteroatoms. The molecule has 0 bridgehead atoms. The van der Waals surface area contributed by atoms with E-state index in [0.29, 0.717) is 12.6 Å². The van der Waals surface area contributed by atoms with Gasteiger partial charge in [0.2, 0.25) is 0 Å². The number of benzene rings is 1. The second-order valence-corrected chi connectivity index (χ2v) is 3.97. The van der Waals surface area contributed by atoms with Gasteiger partial charge in [0, 0.05) is 36.0 Å². The van der Waals surface area contributed by atoms with Crippen molar-refractivity contribution in [3.63, 3.8) is 0 Å². The van der Waals surface area contributed by atoms with Crippen LogP contribution in [0.25, 0.3) is 0 Å². The predicted molar refractivity (Wildman–Crippen MR) is 64.3 cm³/mol. The molecule has 88 valence electrons. The van der Waals surface area contributed by atoms with E-state index in [4.69, 9.17) is 15.2 Å². The van der Waals surface area contributed by atoms with Crippen molar-refractivity contribution in [2.75, 3.05) is 26.1 Å². The van der Waals surface area contributed by atoms with Crippen molar-refractivity contribution in [1.82, 2.24) is 0 Å². The summed E-state index contributed by atoms with van der Waals surface area (Å²) in [6, 6.07) is 4.27. The van der Waals surface area contributed by atoms with Gasteiger partial charge in [-0.05, 0) is 12.8 Å². The van der Waals surface area contributed by atoms with Crippen LogP contribution in [-0.2, 0) is 6.42 Å². The monoisotopic (exact) mass is 222 g/mol. The van der Waals surface area contributed by atoms with E-state index in [1.807, 2.05) is 12.1 Å². The summed E-state index contributed by atoms with van der Waals surface area (Å²) in [6.45, 7) is 0.652. The molecule has 0 aliphatic carbocycles. The molecule has 2 rings (SSSR count). The molecule has 1 unspecified atom stereocenters. The summed E-state index contributed by atoms with van der Waals surface area (Å²) in [5.74, 6) is 1.69. The largest absolute Gasteiger partial charge is 0.497 e. The zero-order valence-electron chi connectivity index (χ0n) is 9.75. The molecule has 16 heavy (non-hydrogen) atoms. The van der Waals surface area contributed by atoms with Crippen molar-refractivity contribution in [1.29, 1.82) is 0 Å². The third kappa shape index (κ3) is 1.93. The normalized spacial score (nSPS) is 18.6. The van der Waals surface area contributed by atoms with E-state index in [1.54, 1.807) is 14.2 Å². The summed E-state index contributed by atoms with van der Waals surface area (Å²) < 4.78 is 10.6. The van der Waals surface area contributed by atoms with Crippen LogP contribution in [-0.4, -0.2) is 26.8 Å². The van der Waals surface area contributed by atoms with Crippen LogP contribution >= 0.6 is 0 Å². The molecule has 1 heterocycles. The highest BCUT2D eigenvalue weighted by Gasteiger charge is 2.20. The van der Waals surface area contributed by atoms with Crippen LogP contribution in [0.3, 0.4) is 0 Å². The average molecular weight is 222 g/mol. The van der Waals surface area contributed by atoms with Crippen LogP contribution in [0.2, 0.25) is 0 Å². The van der Waals surface area contributed by atoms with Crippen molar-refractivity contribution in [3.8, 4) is 11.5 Å². The first-order valence-electron chi connectivity index (χ1n) is 5.50. The lowest BCUT2D eigenvalue weighted by Gasteiger charge is -2.27. The highest BCUT2D eigenvalue weighted by molar-refractivity contribution is 5.63. The minimum atomic E-state index is 0.351. The number of anilines is 1. The first-order chi connectivity index (χ1) is 7.78. The van der Waals surface area contributed by atoms with Gasteiger partial charge in [-0.1, -0.05) is 0 Å². The molecule has 1 aromatic rings. The Labute approximate surface area is 95.7 Å². The van der Waals surface area contributed by atoms with Crippen molar-refractivity contribution < 1.29 is 9.47 Å². The molecule has 1 atom stereocenters. The van der Waals surface area contributed by atoms with Gasteiger partial charge >= 0.3 is 0 Å². The average Bonchev–Trinajstić information content (AvgIpc) is 2.36. The summed E-state index contributed by atoms with van der Waals surface area (Å²) in [6.07, 6.45) is 2.05. The molecular formula is C12H18N2O2. The van der Waals surface area contributed by atoms with Crippen LogP contribution in [0.15, 0.2) is 12.1 Å². The summed E-state index contributed by atoms with van der Waals surface area (Å²) in [5, 5.41) is 3.41. The van der Waals surface area contributed by atoms with Gasteiger partial charge in [0.15, 0.2) is 0 Å². The molecule has 1 aromatic carbocycles. The molecule has 0 radical (unpaired) electrons. The van der Waals surface area contributed by atoms with Gasteiger partial charge in [-0.25, -0.2) is 0 Å². The fourth-order valence-electron chi connectivity index (χ4n) is 2.09. The van der Waals surface area contributed by atoms with E-state index < -0.39 is 0 Å². The summed E-state index contributed by atoms with van der Waals surface area (Å²) in [5.41, 5.74) is 7.97. The molecule has 1 aliphatic heterocycles. The third-order valence-corrected chi connectivity index (χ3v) is 3.03. The van der Waals surface area contributed by atoms with Gasteiger partial charge in [-0.3, -0.25) is 0 Å². The van der Waals surface area contributed by atoms with Crippen molar-refractivity contribution in [2.45, 2.75) is 18.9 Å².